The highest BCUT2D eigenvalue weighted by Gasteiger charge is 2.29. The number of rotatable bonds is 3. The second kappa shape index (κ2) is 5.46. The standard InChI is InChI=1S/C17H14ClNO3/c1-10(17(21)22)11-6-7-15(14(18)8-11)19-9-12-4-2-3-5-13(12)16(19)20/h2-8,10H,9H2,1H3,(H,21,22). The molecule has 112 valence electrons. The minimum Gasteiger partial charge on any atom is -0.481 e. The molecule has 2 aromatic carbocycles. The first-order chi connectivity index (χ1) is 10.5. The van der Waals surface area contributed by atoms with Gasteiger partial charge in [0.15, 0.2) is 0 Å². The smallest absolute Gasteiger partial charge is 0.310 e. The van der Waals surface area contributed by atoms with Crippen molar-refractivity contribution in [2.24, 2.45) is 0 Å². The van der Waals surface area contributed by atoms with E-state index in [1.165, 1.54) is 0 Å². The van der Waals surface area contributed by atoms with Crippen LogP contribution in [0.5, 0.6) is 0 Å². The van der Waals surface area contributed by atoms with Crippen molar-refractivity contribution in [1.82, 2.24) is 0 Å². The van der Waals surface area contributed by atoms with Gasteiger partial charge in [0.25, 0.3) is 5.91 Å². The number of halogens is 1. The molecule has 0 aliphatic carbocycles. The number of aliphatic carboxylic acids is 1. The van der Waals surface area contributed by atoms with Gasteiger partial charge in [-0.2, -0.15) is 0 Å². The average molecular weight is 316 g/mol. The number of hydrogen-bond acceptors (Lipinski definition) is 2. The van der Waals surface area contributed by atoms with Crippen molar-refractivity contribution >= 4 is 29.2 Å². The van der Waals surface area contributed by atoms with E-state index in [1.54, 1.807) is 36.1 Å². The van der Waals surface area contributed by atoms with E-state index in [-0.39, 0.29) is 5.91 Å². The molecule has 1 aliphatic heterocycles. The summed E-state index contributed by atoms with van der Waals surface area (Å²) in [6, 6.07) is 12.5. The van der Waals surface area contributed by atoms with Crippen LogP contribution in [0.25, 0.3) is 0 Å². The number of benzene rings is 2. The maximum atomic E-state index is 12.4. The van der Waals surface area contributed by atoms with Crippen LogP contribution in [0, 0.1) is 0 Å². The monoisotopic (exact) mass is 315 g/mol. The number of anilines is 1. The van der Waals surface area contributed by atoms with Gasteiger partial charge in [-0.05, 0) is 36.2 Å². The Morgan fingerprint density at radius 2 is 2.00 bits per heavy atom. The lowest BCUT2D eigenvalue weighted by Crippen LogP contribution is -2.23. The molecule has 1 amide bonds. The maximum Gasteiger partial charge on any atom is 0.310 e. The minimum absolute atomic E-state index is 0.0865. The SMILES string of the molecule is CC(C(=O)O)c1ccc(N2Cc3ccccc3C2=O)c(Cl)c1. The molecule has 0 aromatic heterocycles. The Morgan fingerprint density at radius 1 is 1.27 bits per heavy atom. The molecule has 0 saturated carbocycles. The van der Waals surface area contributed by atoms with Crippen LogP contribution in [0.3, 0.4) is 0 Å². The highest BCUT2D eigenvalue weighted by atomic mass is 35.5. The highest BCUT2D eigenvalue weighted by Crippen LogP contribution is 2.35. The van der Waals surface area contributed by atoms with Gasteiger partial charge in [0, 0.05) is 5.56 Å². The van der Waals surface area contributed by atoms with E-state index >= 15 is 0 Å². The van der Waals surface area contributed by atoms with E-state index in [0.717, 1.165) is 5.56 Å². The number of amides is 1. The molecule has 1 N–H and O–H groups in total. The number of hydrogen-bond donors (Lipinski definition) is 1. The molecular weight excluding hydrogens is 302 g/mol. The van der Waals surface area contributed by atoms with Crippen LogP contribution < -0.4 is 4.90 Å². The van der Waals surface area contributed by atoms with Crippen LogP contribution >= 0.6 is 11.6 Å². The first kappa shape index (κ1) is 14.6. The Morgan fingerprint density at radius 3 is 2.64 bits per heavy atom. The van der Waals surface area contributed by atoms with Crippen molar-refractivity contribution in [2.75, 3.05) is 4.90 Å². The number of fused-ring (bicyclic) bond motifs is 1. The lowest BCUT2D eigenvalue weighted by Gasteiger charge is -2.18. The largest absolute Gasteiger partial charge is 0.481 e. The van der Waals surface area contributed by atoms with Crippen LogP contribution in [0.2, 0.25) is 5.02 Å². The predicted octanol–water partition coefficient (Wildman–Crippen LogP) is 3.69. The van der Waals surface area contributed by atoms with Crippen molar-refractivity contribution in [3.05, 3.63) is 64.2 Å². The second-order valence-electron chi connectivity index (χ2n) is 5.32. The van der Waals surface area contributed by atoms with Crippen molar-refractivity contribution in [2.45, 2.75) is 19.4 Å². The zero-order chi connectivity index (χ0) is 15.9. The Balaban J connectivity index is 1.94. The fourth-order valence-corrected chi connectivity index (χ4v) is 2.89. The molecule has 1 heterocycles. The summed E-state index contributed by atoms with van der Waals surface area (Å²) in [7, 11) is 0. The number of nitrogens with zero attached hydrogens (tertiary/aromatic N) is 1. The van der Waals surface area contributed by atoms with E-state index in [4.69, 9.17) is 16.7 Å². The third kappa shape index (κ3) is 2.35. The fourth-order valence-electron chi connectivity index (χ4n) is 2.60. The van der Waals surface area contributed by atoms with E-state index in [0.29, 0.717) is 28.4 Å². The summed E-state index contributed by atoms with van der Waals surface area (Å²) < 4.78 is 0. The molecule has 1 unspecified atom stereocenters. The summed E-state index contributed by atoms with van der Waals surface area (Å²) >= 11 is 6.28. The summed E-state index contributed by atoms with van der Waals surface area (Å²) in [5.41, 5.74) is 2.86. The number of carbonyl (C=O) groups excluding carboxylic acids is 1. The van der Waals surface area contributed by atoms with Crippen molar-refractivity contribution in [1.29, 1.82) is 0 Å². The Bertz CT molecular complexity index is 772. The molecule has 5 heteroatoms. The van der Waals surface area contributed by atoms with Gasteiger partial charge in [0.2, 0.25) is 0 Å². The molecule has 22 heavy (non-hydrogen) atoms. The van der Waals surface area contributed by atoms with Crippen LogP contribution in [0.4, 0.5) is 5.69 Å². The fraction of sp³-hybridized carbons (Fsp3) is 0.176. The Labute approximate surface area is 132 Å². The molecular formula is C17H14ClNO3. The van der Waals surface area contributed by atoms with Gasteiger partial charge >= 0.3 is 5.97 Å². The van der Waals surface area contributed by atoms with Gasteiger partial charge in [-0.1, -0.05) is 35.9 Å². The van der Waals surface area contributed by atoms with E-state index in [2.05, 4.69) is 0 Å². The quantitative estimate of drug-likeness (QED) is 0.939. The molecule has 3 rings (SSSR count). The molecule has 2 aromatic rings. The summed E-state index contributed by atoms with van der Waals surface area (Å²) in [5.74, 6) is -1.64. The number of carboxylic acid groups (broad SMARTS) is 1. The van der Waals surface area contributed by atoms with Crippen LogP contribution in [-0.4, -0.2) is 17.0 Å². The lowest BCUT2D eigenvalue weighted by atomic mass is 10.0. The summed E-state index contributed by atoms with van der Waals surface area (Å²) in [5, 5.41) is 9.44. The minimum atomic E-state index is -0.909. The van der Waals surface area contributed by atoms with Crippen molar-refractivity contribution in [3.63, 3.8) is 0 Å². The van der Waals surface area contributed by atoms with Gasteiger partial charge in [0.1, 0.15) is 0 Å². The van der Waals surface area contributed by atoms with E-state index in [9.17, 15) is 9.59 Å². The van der Waals surface area contributed by atoms with Crippen LogP contribution in [0.15, 0.2) is 42.5 Å². The van der Waals surface area contributed by atoms with Gasteiger partial charge in [-0.25, -0.2) is 0 Å². The first-order valence-corrected chi connectivity index (χ1v) is 7.29. The molecule has 0 spiro atoms. The van der Waals surface area contributed by atoms with Gasteiger partial charge in [0.05, 0.1) is 23.2 Å². The third-order valence-corrected chi connectivity index (χ3v) is 4.26. The maximum absolute atomic E-state index is 12.4. The third-order valence-electron chi connectivity index (χ3n) is 3.95. The highest BCUT2D eigenvalue weighted by molar-refractivity contribution is 6.34. The zero-order valence-electron chi connectivity index (χ0n) is 11.9. The molecule has 0 bridgehead atoms. The molecule has 4 nitrogen and oxygen atoms in total. The molecule has 0 fully saturated rings. The summed E-state index contributed by atoms with van der Waals surface area (Å²) in [6.45, 7) is 2.08. The van der Waals surface area contributed by atoms with E-state index < -0.39 is 11.9 Å². The number of carboxylic acids is 1. The van der Waals surface area contributed by atoms with Gasteiger partial charge in [-0.3, -0.25) is 9.59 Å². The Hall–Kier alpha value is -2.33. The van der Waals surface area contributed by atoms with Crippen LogP contribution in [0.1, 0.15) is 34.3 Å². The predicted molar refractivity (Wildman–Crippen MR) is 84.5 cm³/mol. The van der Waals surface area contributed by atoms with Gasteiger partial charge in [-0.15, -0.1) is 0 Å². The first-order valence-electron chi connectivity index (χ1n) is 6.91. The molecule has 1 atom stereocenters. The topological polar surface area (TPSA) is 57.6 Å². The lowest BCUT2D eigenvalue weighted by molar-refractivity contribution is -0.138. The molecule has 1 aliphatic rings. The van der Waals surface area contributed by atoms with Crippen molar-refractivity contribution in [3.8, 4) is 0 Å². The van der Waals surface area contributed by atoms with Crippen molar-refractivity contribution < 1.29 is 14.7 Å². The molecule has 0 saturated heterocycles. The van der Waals surface area contributed by atoms with Crippen LogP contribution in [-0.2, 0) is 11.3 Å². The zero-order valence-corrected chi connectivity index (χ0v) is 12.7. The Kier molecular flexibility index (Phi) is 3.62. The summed E-state index contributed by atoms with van der Waals surface area (Å²) in [4.78, 5) is 25.1. The average Bonchev–Trinajstić information content (AvgIpc) is 2.84. The molecule has 0 radical (unpaired) electrons. The van der Waals surface area contributed by atoms with Gasteiger partial charge < -0.3 is 10.0 Å². The normalized spacial score (nSPS) is 14.8. The second-order valence-corrected chi connectivity index (χ2v) is 5.73. The number of carbonyl (C=O) groups is 2. The summed E-state index contributed by atoms with van der Waals surface area (Å²) in [6.07, 6.45) is 0. The van der Waals surface area contributed by atoms with E-state index in [1.807, 2.05) is 18.2 Å².